The summed E-state index contributed by atoms with van der Waals surface area (Å²) in [5.74, 6) is 1.61. The first-order valence-electron chi connectivity index (χ1n) is 13.8. The monoisotopic (exact) mass is 675 g/mol. The van der Waals surface area contributed by atoms with E-state index in [4.69, 9.17) is 30.2 Å². The van der Waals surface area contributed by atoms with Crippen LogP contribution in [0.15, 0.2) is 92.9 Å². The number of hydrogen-bond acceptors (Lipinski definition) is 6. The molecular formula is C34H31BrClN3O5. The van der Waals surface area contributed by atoms with Crippen molar-refractivity contribution in [2.24, 2.45) is 5.10 Å². The van der Waals surface area contributed by atoms with Gasteiger partial charge in [-0.25, -0.2) is 5.43 Å². The van der Waals surface area contributed by atoms with Crippen LogP contribution in [0.2, 0.25) is 5.02 Å². The van der Waals surface area contributed by atoms with Crippen molar-refractivity contribution in [2.45, 2.75) is 34.0 Å². The maximum absolute atomic E-state index is 12.7. The van der Waals surface area contributed by atoms with Gasteiger partial charge < -0.3 is 23.2 Å². The third-order valence-corrected chi connectivity index (χ3v) is 8.33. The Morgan fingerprint density at radius 3 is 2.34 bits per heavy atom. The first kappa shape index (κ1) is 31.0. The second kappa shape index (κ2) is 13.9. The number of methoxy groups -OCH3 is 1. The number of hydrogen-bond donors (Lipinski definition) is 1. The van der Waals surface area contributed by atoms with Gasteiger partial charge in [-0.3, -0.25) is 4.79 Å². The molecule has 0 spiro atoms. The van der Waals surface area contributed by atoms with Gasteiger partial charge in [0.1, 0.15) is 29.7 Å². The van der Waals surface area contributed by atoms with Crippen molar-refractivity contribution < 1.29 is 23.4 Å². The standard InChI is InChI=1S/C34H31BrClN3O5/c1-21-5-9-24(10-6-21)19-43-33-30(41-4)17-25(31(35)32(33)36)18-37-38-34(40)29-16-15-28(44-29)20-42-27-13-11-26(12-14-27)39-22(2)7-8-23(39)3/h5-18H,19-20H2,1-4H3,(H,38,40)/b37-18+. The van der Waals surface area contributed by atoms with Gasteiger partial charge in [0.05, 0.1) is 13.3 Å². The minimum Gasteiger partial charge on any atom is -0.493 e. The lowest BCUT2D eigenvalue weighted by atomic mass is 10.1. The maximum Gasteiger partial charge on any atom is 0.307 e. The molecular weight excluding hydrogens is 646 g/mol. The Kier molecular flexibility index (Phi) is 9.77. The van der Waals surface area contributed by atoms with Gasteiger partial charge in [-0.05, 0) is 96.9 Å². The molecule has 0 radical (unpaired) electrons. The number of nitrogens with one attached hydrogen (secondary N) is 1. The molecule has 10 heteroatoms. The molecule has 44 heavy (non-hydrogen) atoms. The average Bonchev–Trinajstić information content (AvgIpc) is 3.64. The molecule has 0 aliphatic carbocycles. The van der Waals surface area contributed by atoms with Gasteiger partial charge in [0.15, 0.2) is 17.3 Å². The topological polar surface area (TPSA) is 87.2 Å². The molecule has 0 unspecified atom stereocenters. The zero-order valence-electron chi connectivity index (χ0n) is 24.7. The maximum atomic E-state index is 12.7. The summed E-state index contributed by atoms with van der Waals surface area (Å²) in [5, 5.41) is 4.39. The molecule has 1 N–H and O–H groups in total. The van der Waals surface area contributed by atoms with Crippen LogP contribution in [0.25, 0.3) is 5.69 Å². The van der Waals surface area contributed by atoms with E-state index >= 15 is 0 Å². The van der Waals surface area contributed by atoms with Crippen LogP contribution in [0.4, 0.5) is 0 Å². The van der Waals surface area contributed by atoms with Crippen molar-refractivity contribution in [3.05, 3.63) is 128 Å². The molecule has 3 aromatic carbocycles. The fourth-order valence-corrected chi connectivity index (χ4v) is 5.19. The molecule has 5 rings (SSSR count). The van der Waals surface area contributed by atoms with E-state index in [1.807, 2.05) is 55.5 Å². The van der Waals surface area contributed by atoms with E-state index in [9.17, 15) is 4.79 Å². The third kappa shape index (κ3) is 7.18. The highest BCUT2D eigenvalue weighted by atomic mass is 79.9. The van der Waals surface area contributed by atoms with Crippen LogP contribution in [0, 0.1) is 20.8 Å². The van der Waals surface area contributed by atoms with Crippen LogP contribution in [-0.4, -0.2) is 23.8 Å². The minimum absolute atomic E-state index is 0.101. The first-order valence-corrected chi connectivity index (χ1v) is 14.9. The van der Waals surface area contributed by atoms with E-state index in [-0.39, 0.29) is 12.4 Å². The fourth-order valence-electron chi connectivity index (χ4n) is 4.54. The van der Waals surface area contributed by atoms with Gasteiger partial charge >= 0.3 is 5.91 Å². The number of carbonyl (C=O) groups is 1. The fraction of sp³-hybridized carbons (Fsp3) is 0.176. The number of amides is 1. The van der Waals surface area contributed by atoms with E-state index in [1.54, 1.807) is 18.2 Å². The summed E-state index contributed by atoms with van der Waals surface area (Å²) in [7, 11) is 1.53. The molecule has 0 saturated heterocycles. The molecule has 2 heterocycles. The molecule has 0 aliphatic rings. The molecule has 0 saturated carbocycles. The number of ether oxygens (including phenoxy) is 3. The van der Waals surface area contributed by atoms with Gasteiger partial charge in [0, 0.05) is 27.1 Å². The summed E-state index contributed by atoms with van der Waals surface area (Å²) in [4.78, 5) is 12.7. The third-order valence-electron chi connectivity index (χ3n) is 6.88. The molecule has 0 bridgehead atoms. The predicted molar refractivity (Wildman–Crippen MR) is 175 cm³/mol. The highest BCUT2D eigenvalue weighted by molar-refractivity contribution is 9.10. The molecule has 226 valence electrons. The van der Waals surface area contributed by atoms with E-state index in [0.29, 0.717) is 44.7 Å². The van der Waals surface area contributed by atoms with Crippen LogP contribution in [0.5, 0.6) is 17.2 Å². The summed E-state index contributed by atoms with van der Waals surface area (Å²) in [6, 6.07) is 25.0. The van der Waals surface area contributed by atoms with Crippen LogP contribution >= 0.6 is 27.5 Å². The Morgan fingerprint density at radius 2 is 1.66 bits per heavy atom. The number of hydrazone groups is 1. The zero-order valence-corrected chi connectivity index (χ0v) is 27.0. The number of halogens is 2. The number of aromatic nitrogens is 1. The molecule has 0 fully saturated rings. The molecule has 8 nitrogen and oxygen atoms in total. The molecule has 1 amide bonds. The average molecular weight is 677 g/mol. The summed E-state index contributed by atoms with van der Waals surface area (Å²) in [6.45, 7) is 6.66. The van der Waals surface area contributed by atoms with Crippen molar-refractivity contribution in [1.29, 1.82) is 0 Å². The lowest BCUT2D eigenvalue weighted by molar-refractivity contribution is 0.0923. The first-order chi connectivity index (χ1) is 21.2. The van der Waals surface area contributed by atoms with Crippen molar-refractivity contribution in [1.82, 2.24) is 9.99 Å². The number of nitrogens with zero attached hydrogens (tertiary/aromatic N) is 2. The van der Waals surface area contributed by atoms with Gasteiger partial charge in [-0.15, -0.1) is 0 Å². The number of aryl methyl sites for hydroxylation is 3. The Labute approximate surface area is 269 Å². The predicted octanol–water partition coefficient (Wildman–Crippen LogP) is 8.34. The number of rotatable bonds is 11. The largest absolute Gasteiger partial charge is 0.493 e. The Bertz CT molecular complexity index is 1770. The van der Waals surface area contributed by atoms with Gasteiger partial charge in [0.25, 0.3) is 0 Å². The SMILES string of the molecule is COc1cc(/C=N/NC(=O)c2ccc(COc3ccc(-n4c(C)ccc4C)cc3)o2)c(Br)c(Cl)c1OCc1ccc(C)cc1. The molecule has 0 atom stereocenters. The Morgan fingerprint density at radius 1 is 0.955 bits per heavy atom. The van der Waals surface area contributed by atoms with Crippen LogP contribution in [-0.2, 0) is 13.2 Å². The van der Waals surface area contributed by atoms with Crippen molar-refractivity contribution in [3.8, 4) is 22.9 Å². The normalized spacial score (nSPS) is 11.1. The van der Waals surface area contributed by atoms with Crippen LogP contribution in [0.3, 0.4) is 0 Å². The van der Waals surface area contributed by atoms with E-state index in [2.05, 4.69) is 57.0 Å². The number of benzene rings is 3. The number of furan rings is 1. The highest BCUT2D eigenvalue weighted by Gasteiger charge is 2.18. The van der Waals surface area contributed by atoms with Crippen LogP contribution in [0.1, 0.15) is 44.4 Å². The summed E-state index contributed by atoms with van der Waals surface area (Å²) in [6.07, 6.45) is 1.45. The van der Waals surface area contributed by atoms with Gasteiger partial charge in [0.2, 0.25) is 0 Å². The smallest absolute Gasteiger partial charge is 0.307 e. The van der Waals surface area contributed by atoms with Gasteiger partial charge in [-0.1, -0.05) is 41.4 Å². The van der Waals surface area contributed by atoms with E-state index < -0.39 is 5.91 Å². The molecule has 5 aromatic rings. The van der Waals surface area contributed by atoms with E-state index in [0.717, 1.165) is 22.6 Å². The highest BCUT2D eigenvalue weighted by Crippen LogP contribution is 2.42. The molecule has 0 aliphatic heterocycles. The lowest BCUT2D eigenvalue weighted by Gasteiger charge is -2.15. The van der Waals surface area contributed by atoms with Crippen molar-refractivity contribution in [2.75, 3.05) is 7.11 Å². The van der Waals surface area contributed by atoms with Crippen LogP contribution < -0.4 is 19.6 Å². The van der Waals surface area contributed by atoms with Crippen molar-refractivity contribution in [3.63, 3.8) is 0 Å². The minimum atomic E-state index is -0.512. The van der Waals surface area contributed by atoms with E-state index in [1.165, 1.54) is 18.9 Å². The quantitative estimate of drug-likeness (QED) is 0.112. The van der Waals surface area contributed by atoms with Gasteiger partial charge in [-0.2, -0.15) is 5.10 Å². The summed E-state index contributed by atoms with van der Waals surface area (Å²) < 4.78 is 25.7. The summed E-state index contributed by atoms with van der Waals surface area (Å²) in [5.41, 5.74) is 8.60. The summed E-state index contributed by atoms with van der Waals surface area (Å²) >= 11 is 10.1. The Hall–Kier alpha value is -4.47. The number of carbonyl (C=O) groups excluding carboxylic acids is 1. The molecule has 2 aromatic heterocycles. The second-order valence-electron chi connectivity index (χ2n) is 10.1. The zero-order chi connectivity index (χ0) is 31.2. The van der Waals surface area contributed by atoms with Crippen molar-refractivity contribution >= 4 is 39.7 Å². The Balaban J connectivity index is 1.17. The lowest BCUT2D eigenvalue weighted by Crippen LogP contribution is -2.16. The second-order valence-corrected chi connectivity index (χ2v) is 11.3.